The number of rotatable bonds is 20. The number of unbranched alkanes of at least 4 members (excludes halogenated alkanes) is 4. The highest BCUT2D eigenvalue weighted by Crippen LogP contribution is 2.17. The van der Waals surface area contributed by atoms with Gasteiger partial charge in [-0.1, -0.05) is 55.7 Å². The van der Waals surface area contributed by atoms with Crippen LogP contribution in [0.5, 0.6) is 0 Å². The van der Waals surface area contributed by atoms with Gasteiger partial charge in [-0.2, -0.15) is 0 Å². The third-order valence-electron chi connectivity index (χ3n) is 5.39. The first-order valence-corrected chi connectivity index (χ1v) is 13.6. The quantitative estimate of drug-likeness (QED) is 0.0994. The lowest BCUT2D eigenvalue weighted by molar-refractivity contribution is -0.131. The number of hydrogen-bond acceptors (Lipinski definition) is 5. The molecule has 9 heteroatoms. The highest BCUT2D eigenvalue weighted by molar-refractivity contribution is 14.1. The molecular formula is C24H45IN4O4. The Morgan fingerprint density at radius 3 is 2.24 bits per heavy atom. The molecule has 0 aromatic heterocycles. The van der Waals surface area contributed by atoms with Crippen molar-refractivity contribution >= 4 is 46.1 Å². The molecular weight excluding hydrogens is 535 g/mol. The topological polar surface area (TPSA) is 130 Å². The van der Waals surface area contributed by atoms with Gasteiger partial charge in [0.15, 0.2) is 5.78 Å². The first-order valence-electron chi connectivity index (χ1n) is 12.8. The van der Waals surface area contributed by atoms with Gasteiger partial charge < -0.3 is 21.7 Å². The van der Waals surface area contributed by atoms with E-state index in [-0.39, 0.29) is 43.0 Å². The van der Waals surface area contributed by atoms with Gasteiger partial charge in [0.1, 0.15) is 5.78 Å². The van der Waals surface area contributed by atoms with Crippen LogP contribution in [0, 0.1) is 11.8 Å². The summed E-state index contributed by atoms with van der Waals surface area (Å²) in [5, 5.41) is 8.69. The van der Waals surface area contributed by atoms with Gasteiger partial charge >= 0.3 is 6.03 Å². The number of primary amides is 1. The molecule has 3 atom stereocenters. The number of nitrogens with one attached hydrogen (secondary N) is 3. The Kier molecular flexibility index (Phi) is 17.3. The molecule has 0 radical (unpaired) electrons. The van der Waals surface area contributed by atoms with Crippen LogP contribution in [-0.2, 0) is 14.4 Å². The van der Waals surface area contributed by atoms with Gasteiger partial charge in [-0.15, -0.1) is 0 Å². The Balaban J connectivity index is 4.65. The van der Waals surface area contributed by atoms with Crippen LogP contribution in [0.25, 0.3) is 0 Å². The molecule has 0 saturated heterocycles. The zero-order chi connectivity index (χ0) is 25.9. The molecule has 0 fully saturated rings. The maximum Gasteiger partial charge on any atom is 0.312 e. The number of alkyl halides is 1. The number of urea groups is 1. The second kappa shape index (κ2) is 19.1. The molecule has 0 aromatic rings. The molecule has 0 spiro atoms. The van der Waals surface area contributed by atoms with Crippen molar-refractivity contribution in [3.63, 3.8) is 0 Å². The summed E-state index contributed by atoms with van der Waals surface area (Å²) >= 11 is 2.10. The van der Waals surface area contributed by atoms with Gasteiger partial charge in [0.25, 0.3) is 0 Å². The highest BCUT2D eigenvalue weighted by Gasteiger charge is 2.28. The lowest BCUT2D eigenvalue weighted by Gasteiger charge is -2.24. The standard InChI is InChI=1S/C24H45IN4O4/c1-17(2)22(27-13-9-7-5-6-8-12-20(30)16-25)21(31)15-19(23(32)29-18(3)4)11-10-14-28-24(26)33/h17-19,22,27H,5-16H2,1-4H3,(H,29,32)(H3,26,28,33)/t19?,22-/m0/s1/i3D/t18-,19?,22-. The molecule has 0 heterocycles. The molecule has 192 valence electrons. The summed E-state index contributed by atoms with van der Waals surface area (Å²) in [6.07, 6.45) is 6.85. The van der Waals surface area contributed by atoms with Crippen LogP contribution in [0.15, 0.2) is 0 Å². The van der Waals surface area contributed by atoms with E-state index in [9.17, 15) is 19.2 Å². The van der Waals surface area contributed by atoms with Crippen molar-refractivity contribution in [1.82, 2.24) is 16.0 Å². The van der Waals surface area contributed by atoms with E-state index in [2.05, 4.69) is 38.5 Å². The minimum Gasteiger partial charge on any atom is -0.354 e. The Hall–Kier alpha value is -1.23. The van der Waals surface area contributed by atoms with Crippen molar-refractivity contribution in [3.05, 3.63) is 0 Å². The molecule has 0 aromatic carbocycles. The number of Topliss-reactive ketones (excluding diaryl/α,β-unsaturated/α-hetero) is 2. The van der Waals surface area contributed by atoms with E-state index in [1.165, 1.54) is 0 Å². The molecule has 5 N–H and O–H groups in total. The van der Waals surface area contributed by atoms with Crippen molar-refractivity contribution in [3.8, 4) is 0 Å². The Morgan fingerprint density at radius 1 is 0.970 bits per heavy atom. The van der Waals surface area contributed by atoms with Crippen molar-refractivity contribution in [2.75, 3.05) is 17.5 Å². The van der Waals surface area contributed by atoms with Gasteiger partial charge in [0.05, 0.1) is 10.5 Å². The zero-order valence-electron chi connectivity index (χ0n) is 21.6. The molecule has 0 aliphatic carbocycles. The fraction of sp³-hybridized carbons (Fsp3) is 0.833. The van der Waals surface area contributed by atoms with Crippen LogP contribution >= 0.6 is 22.6 Å². The summed E-state index contributed by atoms with van der Waals surface area (Å²) in [5.41, 5.74) is 5.09. The van der Waals surface area contributed by atoms with E-state index < -0.39 is 11.9 Å². The lowest BCUT2D eigenvalue weighted by Crippen LogP contribution is -2.44. The minimum atomic E-state index is -0.613. The number of carbonyl (C=O) groups excluding carboxylic acids is 4. The Bertz CT molecular complexity index is 622. The number of hydrogen-bond donors (Lipinski definition) is 4. The van der Waals surface area contributed by atoms with E-state index in [0.29, 0.717) is 36.0 Å². The maximum atomic E-state index is 13.1. The minimum absolute atomic E-state index is 0.00819. The number of amides is 3. The monoisotopic (exact) mass is 581 g/mol. The largest absolute Gasteiger partial charge is 0.354 e. The fourth-order valence-corrected chi connectivity index (χ4v) is 4.02. The molecule has 0 aliphatic heterocycles. The van der Waals surface area contributed by atoms with Gasteiger partial charge in [0, 0.05) is 32.7 Å². The highest BCUT2D eigenvalue weighted by atomic mass is 127. The van der Waals surface area contributed by atoms with Crippen LogP contribution in [0.1, 0.15) is 86.8 Å². The molecule has 33 heavy (non-hydrogen) atoms. The second-order valence-electron chi connectivity index (χ2n) is 9.08. The van der Waals surface area contributed by atoms with E-state index in [1.54, 1.807) is 6.92 Å². The predicted molar refractivity (Wildman–Crippen MR) is 141 cm³/mol. The van der Waals surface area contributed by atoms with E-state index >= 15 is 0 Å². The summed E-state index contributed by atoms with van der Waals surface area (Å²) in [6, 6.07) is -1.22. The van der Waals surface area contributed by atoms with E-state index in [1.807, 2.05) is 13.8 Å². The zero-order valence-corrected chi connectivity index (χ0v) is 22.7. The fourth-order valence-electron chi connectivity index (χ4n) is 3.64. The third kappa shape index (κ3) is 16.9. The smallest absolute Gasteiger partial charge is 0.312 e. The number of halogens is 1. The number of nitrogens with two attached hydrogens (primary N) is 1. The van der Waals surface area contributed by atoms with Crippen molar-refractivity contribution < 1.29 is 20.5 Å². The van der Waals surface area contributed by atoms with Gasteiger partial charge in [-0.05, 0) is 52.0 Å². The molecule has 0 aliphatic rings. The SMILES string of the molecule is [2H]C[C@@H](C)NC(=O)C(CCCNC(N)=O)CC(=O)[C@@H](NCCCCCCCC(=O)CI)C(C)C. The summed E-state index contributed by atoms with van der Waals surface area (Å²) in [7, 11) is 0. The Morgan fingerprint density at radius 2 is 1.64 bits per heavy atom. The molecule has 8 nitrogen and oxygen atoms in total. The average Bonchev–Trinajstić information content (AvgIpc) is 2.78. The number of carbonyl (C=O) groups is 4. The van der Waals surface area contributed by atoms with E-state index in [0.717, 1.165) is 38.6 Å². The Labute approximate surface area is 214 Å². The number of ketones is 2. The summed E-state index contributed by atoms with van der Waals surface area (Å²) in [6.45, 7) is 6.90. The first-order chi connectivity index (χ1) is 16.1. The first kappa shape index (κ1) is 29.8. The predicted octanol–water partition coefficient (Wildman–Crippen LogP) is 3.49. The summed E-state index contributed by atoms with van der Waals surface area (Å²) < 4.78 is 8.02. The van der Waals surface area contributed by atoms with Crippen LogP contribution in [0.4, 0.5) is 4.79 Å². The molecule has 0 saturated carbocycles. The van der Waals surface area contributed by atoms with Gasteiger partial charge in [-0.3, -0.25) is 14.4 Å². The van der Waals surface area contributed by atoms with Gasteiger partial charge in [0.2, 0.25) is 5.91 Å². The van der Waals surface area contributed by atoms with Crippen LogP contribution in [-0.4, -0.2) is 53.1 Å². The second-order valence-corrected chi connectivity index (χ2v) is 9.84. The molecule has 1 unspecified atom stereocenters. The molecule has 0 rings (SSSR count). The van der Waals surface area contributed by atoms with Crippen molar-refractivity contribution in [1.29, 1.82) is 0 Å². The van der Waals surface area contributed by atoms with Crippen molar-refractivity contribution in [2.45, 2.75) is 97.5 Å². The van der Waals surface area contributed by atoms with Crippen LogP contribution < -0.4 is 21.7 Å². The molecule has 3 amide bonds. The summed E-state index contributed by atoms with van der Waals surface area (Å²) in [4.78, 5) is 48.0. The van der Waals surface area contributed by atoms with Crippen LogP contribution in [0.3, 0.4) is 0 Å². The maximum absolute atomic E-state index is 13.1. The van der Waals surface area contributed by atoms with Crippen molar-refractivity contribution in [2.24, 2.45) is 17.6 Å². The van der Waals surface area contributed by atoms with Crippen LogP contribution in [0.2, 0.25) is 0 Å². The van der Waals surface area contributed by atoms with Gasteiger partial charge in [-0.25, -0.2) is 4.79 Å². The lowest BCUT2D eigenvalue weighted by atomic mass is 9.89. The average molecular weight is 582 g/mol. The summed E-state index contributed by atoms with van der Waals surface area (Å²) in [5.74, 6) is -0.320. The third-order valence-corrected chi connectivity index (χ3v) is 6.25. The molecule has 0 bridgehead atoms. The van der Waals surface area contributed by atoms with E-state index in [4.69, 9.17) is 7.10 Å². The normalized spacial score (nSPS) is 14.3.